The van der Waals surface area contributed by atoms with Crippen LogP contribution in [0.25, 0.3) is 0 Å². The molecule has 2 rings (SSSR count). The molecule has 2 aromatic rings. The van der Waals surface area contributed by atoms with Gasteiger partial charge in [0.05, 0.1) is 11.9 Å². The predicted octanol–water partition coefficient (Wildman–Crippen LogP) is 3.10. The number of anilines is 2. The van der Waals surface area contributed by atoms with E-state index < -0.39 is 10.0 Å². The Hall–Kier alpha value is -1.60. The lowest BCUT2D eigenvalue weighted by molar-refractivity contribution is 0.603. The minimum atomic E-state index is -3.54. The maximum atomic E-state index is 12.2. The highest BCUT2D eigenvalue weighted by Gasteiger charge is 2.16. The molecule has 0 saturated carbocycles. The Kier molecular flexibility index (Phi) is 4.84. The monoisotopic (exact) mass is 325 g/mol. The first kappa shape index (κ1) is 15.8. The molecule has 0 aliphatic rings. The molecule has 21 heavy (non-hydrogen) atoms. The van der Waals surface area contributed by atoms with E-state index in [0.29, 0.717) is 10.0 Å². The van der Waals surface area contributed by atoms with E-state index in [0.717, 1.165) is 23.7 Å². The molecule has 0 amide bonds. The number of nitrogens with one attached hydrogen (secondary N) is 1. The molecule has 1 N–H and O–H groups in total. The van der Waals surface area contributed by atoms with Crippen molar-refractivity contribution in [2.24, 2.45) is 0 Å². The van der Waals surface area contributed by atoms with Gasteiger partial charge in [-0.05, 0) is 45.0 Å². The van der Waals surface area contributed by atoms with Crippen molar-refractivity contribution in [3.8, 4) is 0 Å². The molecular weight excluding hydrogens is 306 g/mol. The summed E-state index contributed by atoms with van der Waals surface area (Å²) in [6, 6.07) is 6.95. The van der Waals surface area contributed by atoms with Gasteiger partial charge in [0.15, 0.2) is 0 Å². The van der Waals surface area contributed by atoms with Crippen LogP contribution in [0.1, 0.15) is 18.7 Å². The first-order valence-corrected chi connectivity index (χ1v) is 9.06. The predicted molar refractivity (Wildman–Crippen MR) is 87.7 cm³/mol. The fraction of sp³-hybridized carbons (Fsp3) is 0.357. The van der Waals surface area contributed by atoms with Crippen LogP contribution in [-0.2, 0) is 10.0 Å². The molecule has 5 nitrogen and oxygen atoms in total. The topological polar surface area (TPSA) is 62.3 Å². The van der Waals surface area contributed by atoms with E-state index in [1.807, 2.05) is 13.0 Å². The van der Waals surface area contributed by atoms with Gasteiger partial charge < -0.3 is 4.90 Å². The van der Waals surface area contributed by atoms with E-state index in [9.17, 15) is 8.42 Å². The molecular formula is C14H19N3O2S2. The Bertz CT molecular complexity index is 689. The molecule has 0 atom stereocenters. The molecule has 0 spiro atoms. The van der Waals surface area contributed by atoms with Crippen molar-refractivity contribution in [1.82, 2.24) is 4.98 Å². The fourth-order valence-corrected chi connectivity index (χ4v) is 4.26. The summed E-state index contributed by atoms with van der Waals surface area (Å²) in [5.41, 5.74) is 0.981. The number of aryl methyl sites for hydroxylation is 1. The van der Waals surface area contributed by atoms with Gasteiger partial charge in [-0.15, -0.1) is 11.3 Å². The summed E-state index contributed by atoms with van der Waals surface area (Å²) < 4.78 is 27.2. The van der Waals surface area contributed by atoms with Crippen LogP contribution in [0.4, 0.5) is 11.5 Å². The Morgan fingerprint density at radius 2 is 1.90 bits per heavy atom. The van der Waals surface area contributed by atoms with E-state index in [-0.39, 0.29) is 0 Å². The van der Waals surface area contributed by atoms with Gasteiger partial charge in [-0.25, -0.2) is 13.4 Å². The number of rotatable bonds is 6. The van der Waals surface area contributed by atoms with Crippen molar-refractivity contribution in [1.29, 1.82) is 0 Å². The molecule has 0 bridgehead atoms. The highest BCUT2D eigenvalue weighted by molar-refractivity contribution is 7.94. The quantitative estimate of drug-likeness (QED) is 0.886. The van der Waals surface area contributed by atoms with E-state index in [4.69, 9.17) is 0 Å². The maximum absolute atomic E-state index is 12.2. The average Bonchev–Trinajstić information content (AvgIpc) is 2.89. The second kappa shape index (κ2) is 6.44. The van der Waals surface area contributed by atoms with Crippen LogP contribution >= 0.6 is 11.3 Å². The fourth-order valence-electron chi connectivity index (χ4n) is 1.97. The van der Waals surface area contributed by atoms with E-state index in [2.05, 4.69) is 28.5 Å². The van der Waals surface area contributed by atoms with Gasteiger partial charge in [-0.3, -0.25) is 4.72 Å². The lowest BCUT2D eigenvalue weighted by Crippen LogP contribution is -2.22. The molecule has 0 unspecified atom stereocenters. The number of hydrogen-bond acceptors (Lipinski definition) is 5. The number of pyridine rings is 1. The second-order valence-electron chi connectivity index (χ2n) is 4.54. The summed E-state index contributed by atoms with van der Waals surface area (Å²) in [5.74, 6) is 0.331. The molecule has 0 fully saturated rings. The Morgan fingerprint density at radius 3 is 2.38 bits per heavy atom. The van der Waals surface area contributed by atoms with Crippen LogP contribution in [0.15, 0.2) is 34.7 Å². The highest BCUT2D eigenvalue weighted by Crippen LogP contribution is 2.23. The molecule has 7 heteroatoms. The van der Waals surface area contributed by atoms with Gasteiger partial charge in [-0.1, -0.05) is 0 Å². The lowest BCUT2D eigenvalue weighted by Gasteiger charge is -2.20. The first-order valence-electron chi connectivity index (χ1n) is 6.76. The molecule has 114 valence electrons. The maximum Gasteiger partial charge on any atom is 0.272 e. The largest absolute Gasteiger partial charge is 0.371 e. The van der Waals surface area contributed by atoms with E-state index in [1.54, 1.807) is 24.4 Å². The van der Waals surface area contributed by atoms with Gasteiger partial charge >= 0.3 is 0 Å². The molecule has 0 radical (unpaired) electrons. The van der Waals surface area contributed by atoms with Crippen LogP contribution in [0.3, 0.4) is 0 Å². The number of thiophene rings is 1. The minimum absolute atomic E-state index is 0.301. The van der Waals surface area contributed by atoms with Crippen molar-refractivity contribution < 1.29 is 8.42 Å². The Labute approximate surface area is 129 Å². The highest BCUT2D eigenvalue weighted by atomic mass is 32.2. The van der Waals surface area contributed by atoms with Crippen molar-refractivity contribution in [2.75, 3.05) is 22.7 Å². The minimum Gasteiger partial charge on any atom is -0.371 e. The van der Waals surface area contributed by atoms with Crippen molar-refractivity contribution in [3.05, 3.63) is 35.3 Å². The lowest BCUT2D eigenvalue weighted by atomic mass is 10.3. The zero-order chi connectivity index (χ0) is 15.5. The third-order valence-corrected chi connectivity index (χ3v) is 5.94. The van der Waals surface area contributed by atoms with Crippen molar-refractivity contribution in [2.45, 2.75) is 25.0 Å². The van der Waals surface area contributed by atoms with Gasteiger partial charge in [0.1, 0.15) is 10.0 Å². The van der Waals surface area contributed by atoms with Crippen LogP contribution < -0.4 is 9.62 Å². The van der Waals surface area contributed by atoms with Crippen molar-refractivity contribution >= 4 is 32.9 Å². The van der Waals surface area contributed by atoms with Gasteiger partial charge in [-0.2, -0.15) is 0 Å². The third-order valence-electron chi connectivity index (χ3n) is 3.10. The van der Waals surface area contributed by atoms with Gasteiger partial charge in [0, 0.05) is 18.0 Å². The molecule has 0 aliphatic carbocycles. The smallest absolute Gasteiger partial charge is 0.272 e. The van der Waals surface area contributed by atoms with Gasteiger partial charge in [0.25, 0.3) is 10.0 Å². The summed E-state index contributed by atoms with van der Waals surface area (Å²) in [4.78, 5) is 7.29. The summed E-state index contributed by atoms with van der Waals surface area (Å²) in [7, 11) is -3.54. The molecule has 0 saturated heterocycles. The summed E-state index contributed by atoms with van der Waals surface area (Å²) in [5, 5.41) is 0. The molecule has 0 aliphatic heterocycles. The van der Waals surface area contributed by atoms with Crippen LogP contribution in [0.2, 0.25) is 0 Å². The number of hydrogen-bond donors (Lipinski definition) is 1. The second-order valence-corrected chi connectivity index (χ2v) is 7.74. The number of aromatic nitrogens is 1. The number of sulfonamides is 1. The third kappa shape index (κ3) is 3.74. The van der Waals surface area contributed by atoms with E-state index in [1.165, 1.54) is 11.3 Å². The Balaban J connectivity index is 2.17. The average molecular weight is 325 g/mol. The normalized spacial score (nSPS) is 11.4. The SMILES string of the molecule is CCN(CC)c1ccc(NS(=O)(=O)c2ccc(C)s2)nc1. The summed E-state index contributed by atoms with van der Waals surface area (Å²) in [6.07, 6.45) is 1.69. The first-order chi connectivity index (χ1) is 9.96. The van der Waals surface area contributed by atoms with Crippen LogP contribution in [-0.4, -0.2) is 26.5 Å². The zero-order valence-corrected chi connectivity index (χ0v) is 14.0. The van der Waals surface area contributed by atoms with E-state index >= 15 is 0 Å². The zero-order valence-electron chi connectivity index (χ0n) is 12.3. The van der Waals surface area contributed by atoms with Crippen molar-refractivity contribution in [3.63, 3.8) is 0 Å². The van der Waals surface area contributed by atoms with Crippen LogP contribution in [0, 0.1) is 6.92 Å². The summed E-state index contributed by atoms with van der Waals surface area (Å²) >= 11 is 1.24. The van der Waals surface area contributed by atoms with Gasteiger partial charge in [0.2, 0.25) is 0 Å². The molecule has 2 aromatic heterocycles. The molecule has 0 aromatic carbocycles. The number of nitrogens with zero attached hydrogens (tertiary/aromatic N) is 2. The summed E-state index contributed by atoms with van der Waals surface area (Å²) in [6.45, 7) is 7.79. The Morgan fingerprint density at radius 1 is 1.19 bits per heavy atom. The van der Waals surface area contributed by atoms with Crippen LogP contribution in [0.5, 0.6) is 0 Å². The molecule has 2 heterocycles. The standard InChI is InChI=1S/C14H19N3O2S2/c1-4-17(5-2)12-7-8-13(15-10-12)16-21(18,19)14-9-6-11(3)20-14/h6-10H,4-5H2,1-3H3,(H,15,16).